The van der Waals surface area contributed by atoms with Gasteiger partial charge in [-0.1, -0.05) is 12.1 Å². The third kappa shape index (κ3) is 5.93. The number of hydrogen-bond acceptors (Lipinski definition) is 5. The summed E-state index contributed by atoms with van der Waals surface area (Å²) < 4.78 is 46.9. The minimum absolute atomic E-state index is 0.00655. The van der Waals surface area contributed by atoms with Crippen molar-refractivity contribution < 1.29 is 32.5 Å². The summed E-state index contributed by atoms with van der Waals surface area (Å²) in [6.45, 7) is 0.00276. The number of nitrogens with zero attached hydrogens (tertiary/aromatic N) is 1. The van der Waals surface area contributed by atoms with Crippen molar-refractivity contribution in [3.8, 4) is 6.07 Å². The lowest BCUT2D eigenvalue weighted by Crippen LogP contribution is -2.12. The Morgan fingerprint density at radius 2 is 1.88 bits per heavy atom. The maximum Gasteiger partial charge on any atom is 0.416 e. The van der Waals surface area contributed by atoms with Crippen molar-refractivity contribution in [3.63, 3.8) is 0 Å². The van der Waals surface area contributed by atoms with E-state index in [0.29, 0.717) is 5.56 Å². The van der Waals surface area contributed by atoms with Crippen LogP contribution in [0.15, 0.2) is 35.6 Å². The molecule has 0 spiro atoms. The number of aliphatic hydroxyl groups is 1. The molecule has 0 fully saturated rings. The van der Waals surface area contributed by atoms with E-state index in [4.69, 9.17) is 14.7 Å². The summed E-state index contributed by atoms with van der Waals surface area (Å²) in [5.74, 6) is -1.42. The van der Waals surface area contributed by atoms with Gasteiger partial charge < -0.3 is 14.6 Å². The predicted molar refractivity (Wildman–Crippen MR) is 77.9 cm³/mol. The zero-order valence-corrected chi connectivity index (χ0v) is 12.9. The molecule has 1 rings (SSSR count). The summed E-state index contributed by atoms with van der Waals surface area (Å²) in [5, 5.41) is 18.5. The number of esters is 1. The molecule has 1 N–H and O–H groups in total. The van der Waals surface area contributed by atoms with Gasteiger partial charge in [0.1, 0.15) is 11.8 Å². The molecule has 0 saturated carbocycles. The lowest BCUT2D eigenvalue weighted by Gasteiger charge is -2.08. The zero-order chi connectivity index (χ0) is 18.2. The van der Waals surface area contributed by atoms with Gasteiger partial charge in [-0.15, -0.1) is 0 Å². The first-order chi connectivity index (χ1) is 11.3. The number of ether oxygens (including phenoxy) is 2. The number of carbonyl (C=O) groups excluding carboxylic acids is 1. The summed E-state index contributed by atoms with van der Waals surface area (Å²) in [7, 11) is 1.40. The maximum absolute atomic E-state index is 12.4. The molecule has 8 heteroatoms. The van der Waals surface area contributed by atoms with Crippen LogP contribution < -0.4 is 0 Å². The smallest absolute Gasteiger partial charge is 0.416 e. The largest absolute Gasteiger partial charge is 0.511 e. The molecule has 0 atom stereocenters. The molecule has 0 aliphatic heterocycles. The molecule has 130 valence electrons. The Hall–Kier alpha value is -2.53. The highest BCUT2D eigenvalue weighted by Gasteiger charge is 2.29. The minimum Gasteiger partial charge on any atom is -0.511 e. The van der Waals surface area contributed by atoms with Crippen LogP contribution in [-0.4, -0.2) is 31.4 Å². The molecule has 24 heavy (non-hydrogen) atoms. The monoisotopic (exact) mass is 343 g/mol. The molecule has 5 nitrogen and oxygen atoms in total. The van der Waals surface area contributed by atoms with E-state index in [9.17, 15) is 23.1 Å². The van der Waals surface area contributed by atoms with Crippen molar-refractivity contribution in [3.05, 3.63) is 46.7 Å². The Bertz CT molecular complexity index is 630. The topological polar surface area (TPSA) is 79.5 Å². The fourth-order valence-corrected chi connectivity index (χ4v) is 1.75. The van der Waals surface area contributed by atoms with Crippen LogP contribution in [-0.2, 0) is 26.9 Å². The van der Waals surface area contributed by atoms with Crippen LogP contribution in [0.1, 0.15) is 17.5 Å². The fourth-order valence-electron chi connectivity index (χ4n) is 1.75. The zero-order valence-electron chi connectivity index (χ0n) is 12.9. The van der Waals surface area contributed by atoms with Crippen LogP contribution in [0.5, 0.6) is 0 Å². The van der Waals surface area contributed by atoms with Gasteiger partial charge in [-0.2, -0.15) is 18.4 Å². The van der Waals surface area contributed by atoms with Crippen LogP contribution in [0, 0.1) is 11.3 Å². The summed E-state index contributed by atoms with van der Waals surface area (Å²) in [6, 6.07) is 6.01. The highest BCUT2D eigenvalue weighted by molar-refractivity contribution is 5.93. The Balaban J connectivity index is 2.57. The van der Waals surface area contributed by atoms with Gasteiger partial charge in [0.25, 0.3) is 0 Å². The first-order valence-electron chi connectivity index (χ1n) is 6.94. The van der Waals surface area contributed by atoms with Crippen molar-refractivity contribution in [2.45, 2.75) is 19.0 Å². The first-order valence-corrected chi connectivity index (χ1v) is 6.94. The lowest BCUT2D eigenvalue weighted by atomic mass is 10.1. The number of carbonyl (C=O) groups is 1. The quantitative estimate of drug-likeness (QED) is 0.356. The molecule has 0 aromatic heterocycles. The SMILES string of the molecule is COCCC(O)=C(C#N)C(=O)OCCc1ccc(C(F)(F)F)cc1. The van der Waals surface area contributed by atoms with E-state index >= 15 is 0 Å². The second-order valence-electron chi connectivity index (χ2n) is 4.76. The minimum atomic E-state index is -4.41. The van der Waals surface area contributed by atoms with Gasteiger partial charge in [0, 0.05) is 20.0 Å². The molecule has 0 radical (unpaired) electrons. The number of nitriles is 1. The van der Waals surface area contributed by atoms with Crippen molar-refractivity contribution >= 4 is 5.97 Å². The molecule has 1 aromatic carbocycles. The van der Waals surface area contributed by atoms with Gasteiger partial charge in [-0.3, -0.25) is 0 Å². The van der Waals surface area contributed by atoms with E-state index in [0.717, 1.165) is 12.1 Å². The number of halogens is 3. The van der Waals surface area contributed by atoms with Crippen LogP contribution in [0.3, 0.4) is 0 Å². The third-order valence-electron chi connectivity index (χ3n) is 3.05. The molecule has 0 unspecified atom stereocenters. The highest BCUT2D eigenvalue weighted by Crippen LogP contribution is 2.29. The van der Waals surface area contributed by atoms with E-state index in [2.05, 4.69) is 0 Å². The summed E-state index contributed by atoms with van der Waals surface area (Å²) in [4.78, 5) is 11.7. The van der Waals surface area contributed by atoms with Crippen molar-refractivity contribution in [2.75, 3.05) is 20.3 Å². The molecule has 0 heterocycles. The van der Waals surface area contributed by atoms with Crippen molar-refractivity contribution in [1.82, 2.24) is 0 Å². The number of methoxy groups -OCH3 is 1. The number of aliphatic hydroxyl groups excluding tert-OH is 1. The standard InChI is InChI=1S/C16H16F3NO4/c1-23-8-7-14(21)13(10-20)15(22)24-9-6-11-2-4-12(5-3-11)16(17,18)19/h2-5,21H,6-9H2,1H3. The summed E-state index contributed by atoms with van der Waals surface area (Å²) in [5.41, 5.74) is -0.734. The maximum atomic E-state index is 12.4. The molecule has 0 amide bonds. The highest BCUT2D eigenvalue weighted by atomic mass is 19.4. The lowest BCUT2D eigenvalue weighted by molar-refractivity contribution is -0.139. The molecular formula is C16H16F3NO4. The fraction of sp³-hybridized carbons (Fsp3) is 0.375. The van der Waals surface area contributed by atoms with Gasteiger partial charge in [-0.25, -0.2) is 4.79 Å². The molecule has 0 aliphatic carbocycles. The van der Waals surface area contributed by atoms with E-state index < -0.39 is 29.0 Å². The molecule has 0 saturated heterocycles. The van der Waals surface area contributed by atoms with E-state index in [1.54, 1.807) is 6.07 Å². The Labute approximate surface area is 136 Å². The molecule has 0 bridgehead atoms. The van der Waals surface area contributed by atoms with Gasteiger partial charge in [-0.05, 0) is 17.7 Å². The second kappa shape index (κ2) is 8.93. The van der Waals surface area contributed by atoms with E-state index in [-0.39, 0.29) is 26.1 Å². The summed E-state index contributed by atoms with van der Waals surface area (Å²) >= 11 is 0. The van der Waals surface area contributed by atoms with Crippen molar-refractivity contribution in [1.29, 1.82) is 5.26 Å². The van der Waals surface area contributed by atoms with E-state index in [1.165, 1.54) is 19.2 Å². The second-order valence-corrected chi connectivity index (χ2v) is 4.76. The van der Waals surface area contributed by atoms with Crippen LogP contribution in [0.4, 0.5) is 13.2 Å². The number of hydrogen-bond donors (Lipinski definition) is 1. The van der Waals surface area contributed by atoms with Crippen LogP contribution >= 0.6 is 0 Å². The average Bonchev–Trinajstić information content (AvgIpc) is 2.53. The number of rotatable bonds is 7. The Morgan fingerprint density at radius 1 is 1.25 bits per heavy atom. The Morgan fingerprint density at radius 3 is 2.38 bits per heavy atom. The average molecular weight is 343 g/mol. The predicted octanol–water partition coefficient (Wildman–Crippen LogP) is 3.16. The van der Waals surface area contributed by atoms with E-state index in [1.807, 2.05) is 0 Å². The third-order valence-corrected chi connectivity index (χ3v) is 3.05. The van der Waals surface area contributed by atoms with Gasteiger partial charge in [0.05, 0.1) is 18.8 Å². The molecular weight excluding hydrogens is 327 g/mol. The normalized spacial score (nSPS) is 12.3. The van der Waals surface area contributed by atoms with Gasteiger partial charge in [0.15, 0.2) is 5.57 Å². The van der Waals surface area contributed by atoms with Crippen LogP contribution in [0.2, 0.25) is 0 Å². The Kier molecular flexibility index (Phi) is 7.27. The first kappa shape index (κ1) is 19.5. The van der Waals surface area contributed by atoms with Gasteiger partial charge >= 0.3 is 12.1 Å². The molecule has 0 aliphatic rings. The van der Waals surface area contributed by atoms with Crippen LogP contribution in [0.25, 0.3) is 0 Å². The molecule has 1 aromatic rings. The van der Waals surface area contributed by atoms with Gasteiger partial charge in [0.2, 0.25) is 0 Å². The number of benzene rings is 1. The summed E-state index contributed by atoms with van der Waals surface area (Å²) in [6.07, 6.45) is -4.23. The number of alkyl halides is 3. The van der Waals surface area contributed by atoms with Crippen molar-refractivity contribution in [2.24, 2.45) is 0 Å².